The number of carbonyl (C=O) groups is 2. The summed E-state index contributed by atoms with van der Waals surface area (Å²) in [7, 11) is 0. The lowest BCUT2D eigenvalue weighted by atomic mass is 10.1. The second-order valence-corrected chi connectivity index (χ2v) is 7.49. The van der Waals surface area contributed by atoms with Gasteiger partial charge in [0.05, 0.1) is 12.3 Å². The van der Waals surface area contributed by atoms with Gasteiger partial charge in [-0.1, -0.05) is 18.2 Å². The van der Waals surface area contributed by atoms with Crippen molar-refractivity contribution in [3.05, 3.63) is 48.2 Å². The van der Waals surface area contributed by atoms with Gasteiger partial charge in [0.2, 0.25) is 0 Å². The van der Waals surface area contributed by atoms with Crippen LogP contribution in [0.25, 0.3) is 11.3 Å². The van der Waals surface area contributed by atoms with Crippen molar-refractivity contribution in [3.8, 4) is 17.0 Å². The zero-order valence-corrected chi connectivity index (χ0v) is 16.6. The summed E-state index contributed by atoms with van der Waals surface area (Å²) in [6, 6.07) is 12.3. The molecule has 2 aromatic rings. The van der Waals surface area contributed by atoms with E-state index >= 15 is 0 Å². The van der Waals surface area contributed by atoms with Gasteiger partial charge in [0.15, 0.2) is 0 Å². The van der Waals surface area contributed by atoms with Crippen LogP contribution in [0.4, 0.5) is 0 Å². The number of carboxylic acid groups (broad SMARTS) is 1. The van der Waals surface area contributed by atoms with E-state index < -0.39 is 11.6 Å². The number of nitrogens with zero attached hydrogens (tertiary/aromatic N) is 1. The van der Waals surface area contributed by atoms with E-state index in [9.17, 15) is 9.59 Å². The van der Waals surface area contributed by atoms with Gasteiger partial charge in [0.25, 0.3) is 0 Å². The molecule has 0 aliphatic heterocycles. The van der Waals surface area contributed by atoms with Crippen molar-refractivity contribution >= 4 is 11.9 Å². The highest BCUT2D eigenvalue weighted by atomic mass is 16.6. The number of benzene rings is 1. The van der Waals surface area contributed by atoms with Gasteiger partial charge in [-0.3, -0.25) is 4.79 Å². The van der Waals surface area contributed by atoms with Crippen LogP contribution in [0.3, 0.4) is 0 Å². The average molecular weight is 385 g/mol. The monoisotopic (exact) mass is 385 g/mol. The number of ether oxygens (including phenoxy) is 2. The van der Waals surface area contributed by atoms with Crippen LogP contribution in [0.1, 0.15) is 56.9 Å². The molecular formula is C22H27NO5. The van der Waals surface area contributed by atoms with E-state index in [0.29, 0.717) is 24.5 Å². The SMILES string of the molecule is CC(C)(C)OC(=O)CCCCCOc1cccc(-c2cccc(C(=O)O)n2)c1. The molecule has 0 radical (unpaired) electrons. The minimum Gasteiger partial charge on any atom is -0.494 e. The molecule has 28 heavy (non-hydrogen) atoms. The molecule has 0 aliphatic carbocycles. The standard InChI is InChI=1S/C22H27NO5/c1-22(2,3)28-20(24)13-5-4-6-14-27-17-10-7-9-16(15-17)18-11-8-12-19(23-18)21(25)26/h7-12,15H,4-6,13-14H2,1-3H3,(H,25,26). The number of pyridine rings is 1. The van der Waals surface area contributed by atoms with Gasteiger partial charge in [0, 0.05) is 12.0 Å². The highest BCUT2D eigenvalue weighted by Crippen LogP contribution is 2.23. The van der Waals surface area contributed by atoms with Crippen molar-refractivity contribution in [1.82, 2.24) is 4.98 Å². The topological polar surface area (TPSA) is 85.7 Å². The molecule has 0 amide bonds. The zero-order chi connectivity index (χ0) is 20.6. The number of hydrogen-bond donors (Lipinski definition) is 1. The third-order valence-electron chi connectivity index (χ3n) is 3.81. The molecule has 1 N–H and O–H groups in total. The average Bonchev–Trinajstić information content (AvgIpc) is 2.63. The van der Waals surface area contributed by atoms with Crippen LogP contribution >= 0.6 is 0 Å². The van der Waals surface area contributed by atoms with Crippen LogP contribution < -0.4 is 4.74 Å². The number of unbranched alkanes of at least 4 members (excludes halogenated alkanes) is 2. The molecule has 0 saturated heterocycles. The molecule has 0 fully saturated rings. The summed E-state index contributed by atoms with van der Waals surface area (Å²) < 4.78 is 11.1. The lowest BCUT2D eigenvalue weighted by Gasteiger charge is -2.19. The van der Waals surface area contributed by atoms with E-state index in [0.717, 1.165) is 24.8 Å². The molecule has 0 unspecified atom stereocenters. The fourth-order valence-corrected chi connectivity index (χ4v) is 2.59. The van der Waals surface area contributed by atoms with Crippen LogP contribution in [0.2, 0.25) is 0 Å². The normalized spacial score (nSPS) is 11.1. The molecule has 0 atom stereocenters. The third-order valence-corrected chi connectivity index (χ3v) is 3.81. The van der Waals surface area contributed by atoms with Crippen LogP contribution in [0.15, 0.2) is 42.5 Å². The molecule has 0 aliphatic rings. The summed E-state index contributed by atoms with van der Waals surface area (Å²) in [6.07, 6.45) is 2.89. The van der Waals surface area contributed by atoms with Gasteiger partial charge in [-0.2, -0.15) is 0 Å². The van der Waals surface area contributed by atoms with Gasteiger partial charge in [0.1, 0.15) is 17.0 Å². The second-order valence-electron chi connectivity index (χ2n) is 7.49. The van der Waals surface area contributed by atoms with E-state index in [1.807, 2.05) is 45.0 Å². The highest BCUT2D eigenvalue weighted by molar-refractivity contribution is 5.86. The summed E-state index contributed by atoms with van der Waals surface area (Å²) in [4.78, 5) is 26.9. The van der Waals surface area contributed by atoms with Gasteiger partial charge < -0.3 is 14.6 Å². The smallest absolute Gasteiger partial charge is 0.354 e. The van der Waals surface area contributed by atoms with E-state index in [1.165, 1.54) is 6.07 Å². The van der Waals surface area contributed by atoms with Crippen molar-refractivity contribution in [2.45, 2.75) is 52.1 Å². The maximum Gasteiger partial charge on any atom is 0.354 e. The Morgan fingerprint density at radius 3 is 2.50 bits per heavy atom. The van der Waals surface area contributed by atoms with E-state index in [1.54, 1.807) is 12.1 Å². The van der Waals surface area contributed by atoms with Crippen LogP contribution in [0.5, 0.6) is 5.75 Å². The number of carboxylic acids is 1. The molecule has 6 heteroatoms. The Morgan fingerprint density at radius 2 is 1.79 bits per heavy atom. The minimum atomic E-state index is -1.05. The zero-order valence-electron chi connectivity index (χ0n) is 16.6. The summed E-state index contributed by atoms with van der Waals surface area (Å²) in [5.74, 6) is -0.523. The Bertz CT molecular complexity index is 811. The number of hydrogen-bond acceptors (Lipinski definition) is 5. The number of aromatic nitrogens is 1. The number of rotatable bonds is 9. The Hall–Kier alpha value is -2.89. The number of aromatic carboxylic acids is 1. The van der Waals surface area contributed by atoms with Crippen LogP contribution in [-0.4, -0.2) is 34.2 Å². The van der Waals surface area contributed by atoms with Gasteiger partial charge >= 0.3 is 11.9 Å². The Kier molecular flexibility index (Phi) is 7.55. The van der Waals surface area contributed by atoms with Crippen LogP contribution in [-0.2, 0) is 9.53 Å². The van der Waals surface area contributed by atoms with E-state index in [-0.39, 0.29) is 11.7 Å². The van der Waals surface area contributed by atoms with E-state index in [4.69, 9.17) is 14.6 Å². The molecule has 150 valence electrons. The largest absolute Gasteiger partial charge is 0.494 e. The number of carbonyl (C=O) groups excluding carboxylic acids is 1. The maximum atomic E-state index is 11.7. The molecule has 0 bridgehead atoms. The first-order valence-electron chi connectivity index (χ1n) is 9.40. The van der Waals surface area contributed by atoms with Crippen molar-refractivity contribution in [1.29, 1.82) is 0 Å². The first-order valence-corrected chi connectivity index (χ1v) is 9.40. The summed E-state index contributed by atoms with van der Waals surface area (Å²) in [5, 5.41) is 9.07. The fraction of sp³-hybridized carbons (Fsp3) is 0.409. The molecule has 0 saturated carbocycles. The van der Waals surface area contributed by atoms with Gasteiger partial charge in [-0.15, -0.1) is 0 Å². The summed E-state index contributed by atoms with van der Waals surface area (Å²) >= 11 is 0. The molecule has 2 rings (SSSR count). The van der Waals surface area contributed by atoms with Crippen molar-refractivity contribution in [2.75, 3.05) is 6.61 Å². The Balaban J connectivity index is 1.78. The van der Waals surface area contributed by atoms with Gasteiger partial charge in [-0.25, -0.2) is 9.78 Å². The maximum absolute atomic E-state index is 11.7. The fourth-order valence-electron chi connectivity index (χ4n) is 2.59. The summed E-state index contributed by atoms with van der Waals surface area (Å²) in [5.41, 5.74) is 0.950. The number of esters is 1. The van der Waals surface area contributed by atoms with Crippen molar-refractivity contribution in [2.24, 2.45) is 0 Å². The first-order chi connectivity index (χ1) is 13.2. The quantitative estimate of drug-likeness (QED) is 0.496. The Labute approximate surface area is 165 Å². The molecule has 6 nitrogen and oxygen atoms in total. The first kappa shape index (κ1) is 21.4. The molecular weight excluding hydrogens is 358 g/mol. The van der Waals surface area contributed by atoms with Gasteiger partial charge in [-0.05, 0) is 64.3 Å². The third kappa shape index (κ3) is 7.39. The Morgan fingerprint density at radius 1 is 1.04 bits per heavy atom. The minimum absolute atomic E-state index is 0.00816. The van der Waals surface area contributed by atoms with Crippen molar-refractivity contribution < 1.29 is 24.2 Å². The molecule has 1 heterocycles. The molecule has 1 aromatic carbocycles. The molecule has 0 spiro atoms. The van der Waals surface area contributed by atoms with Crippen molar-refractivity contribution in [3.63, 3.8) is 0 Å². The predicted octanol–water partition coefficient (Wildman–Crippen LogP) is 4.73. The van der Waals surface area contributed by atoms with E-state index in [2.05, 4.69) is 4.98 Å². The van der Waals surface area contributed by atoms with Crippen LogP contribution in [0, 0.1) is 0 Å². The molecule has 1 aromatic heterocycles. The lowest BCUT2D eigenvalue weighted by Crippen LogP contribution is -2.23. The lowest BCUT2D eigenvalue weighted by molar-refractivity contribution is -0.154. The highest BCUT2D eigenvalue weighted by Gasteiger charge is 2.15. The predicted molar refractivity (Wildman–Crippen MR) is 106 cm³/mol. The second kappa shape index (κ2) is 9.88. The summed E-state index contributed by atoms with van der Waals surface area (Å²) in [6.45, 7) is 6.13.